The predicted molar refractivity (Wildman–Crippen MR) is 275 cm³/mol. The molecule has 0 unspecified atom stereocenters. The Balaban J connectivity index is 0.794. The number of carbonyl (C=O) groups excluding carboxylic acids is 1. The Hall–Kier alpha value is -1.41. The van der Waals surface area contributed by atoms with Crippen molar-refractivity contribution in [1.82, 2.24) is 0 Å². The number of rotatable bonds is 14. The van der Waals surface area contributed by atoms with Crippen LogP contribution in [0.1, 0.15) is 85.5 Å². The van der Waals surface area contributed by atoms with Gasteiger partial charge in [-0.1, -0.05) is 27.7 Å². The van der Waals surface area contributed by atoms with Crippen LogP contribution >= 0.6 is 0 Å². The van der Waals surface area contributed by atoms with Gasteiger partial charge in [0.05, 0.1) is 51.8 Å². The fourth-order valence-corrected chi connectivity index (χ4v) is 17.0. The molecule has 0 radical (unpaired) electrons. The van der Waals surface area contributed by atoms with E-state index in [2.05, 4.69) is 27.7 Å². The first-order chi connectivity index (χ1) is 39.9. The van der Waals surface area contributed by atoms with Crippen molar-refractivity contribution in [3.05, 3.63) is 0 Å². The van der Waals surface area contributed by atoms with Gasteiger partial charge in [0.15, 0.2) is 37.2 Å². The molecule has 0 aromatic carbocycles. The van der Waals surface area contributed by atoms with Gasteiger partial charge in [0.1, 0.15) is 122 Å². The molecule has 11 aliphatic rings. The third-order valence-corrected chi connectivity index (χ3v) is 22.0. The summed E-state index contributed by atoms with van der Waals surface area (Å²) in [6, 6.07) is 0. The maximum atomic E-state index is 14.8. The molecule has 84 heavy (non-hydrogen) atoms. The molecule has 7 aliphatic heterocycles. The number of ether oxygens (including phenoxy) is 12. The number of hydrogen-bond donors (Lipinski definition) is 15. The van der Waals surface area contributed by atoms with E-state index < -0.39 is 198 Å². The largest absolute Gasteiger partial charge is 0.394 e. The molecular formula is C56H90O28. The van der Waals surface area contributed by atoms with Crippen LogP contribution in [-0.4, -0.2) is 287 Å². The standard InChI is InChI=1S/C56H90O28/c1-20-7-10-56(74-18-20)21(2)34-28(84-56)12-26-24-6-5-22-11-23(8-9-54(22,3)25(24)13-33(62)55(26,34)4)75-50-43(71)40(68)45(32(17-60)79-50)80-53-48(47(38(66)31(16-59)78-53)82-51-42(70)39(67)36(64)29(14-57)76-51)83-52-44(72)46(37(65)30(15-58)77-52)81-49-41(69)35(63)27(61)19-73-49/h20-32,34-53,57-61,63-72H,5-19H2,1-4H3/t20-,21+,22+,23+,24-,25+,26+,27+,28+,29-,30-,31-,32-,34+,35+,36-,37-,38-,39+,40-,41-,42-,43-,44-,45+,46+,47+,48-,49+,50-,51+,52+,53+,54+,55-,56-/m1/s1. The molecule has 4 aliphatic carbocycles. The van der Waals surface area contributed by atoms with E-state index in [1.54, 1.807) is 0 Å². The minimum Gasteiger partial charge on any atom is -0.394 e. The van der Waals surface area contributed by atoms with Gasteiger partial charge in [-0.2, -0.15) is 0 Å². The fraction of sp³-hybridized carbons (Fsp3) is 0.982. The van der Waals surface area contributed by atoms with Gasteiger partial charge in [0.2, 0.25) is 0 Å². The van der Waals surface area contributed by atoms with Gasteiger partial charge in [0.25, 0.3) is 0 Å². The van der Waals surface area contributed by atoms with Gasteiger partial charge >= 0.3 is 0 Å². The van der Waals surface area contributed by atoms with Gasteiger partial charge < -0.3 is 133 Å². The van der Waals surface area contributed by atoms with Crippen molar-refractivity contribution in [3.8, 4) is 0 Å². The number of hydrogen-bond acceptors (Lipinski definition) is 28. The summed E-state index contributed by atoms with van der Waals surface area (Å²) in [6.07, 6.45) is -38.5. The van der Waals surface area contributed by atoms with E-state index in [1.165, 1.54) is 0 Å². The number of carbonyl (C=O) groups is 1. The van der Waals surface area contributed by atoms with E-state index >= 15 is 0 Å². The minimum atomic E-state index is -2.16. The topological polar surface area (TPSA) is 431 Å². The van der Waals surface area contributed by atoms with Crippen LogP contribution in [0.25, 0.3) is 0 Å². The molecule has 7 heterocycles. The van der Waals surface area contributed by atoms with Crippen molar-refractivity contribution in [2.24, 2.45) is 52.3 Å². The van der Waals surface area contributed by atoms with Crippen LogP contribution in [0.15, 0.2) is 0 Å². The molecule has 15 N–H and O–H groups in total. The summed E-state index contributed by atoms with van der Waals surface area (Å²) in [7, 11) is 0. The molecule has 0 bridgehead atoms. The molecule has 4 saturated carbocycles. The zero-order chi connectivity index (χ0) is 60.2. The van der Waals surface area contributed by atoms with Gasteiger partial charge in [-0.15, -0.1) is 0 Å². The van der Waals surface area contributed by atoms with Gasteiger partial charge in [0, 0.05) is 30.1 Å². The lowest BCUT2D eigenvalue weighted by Crippen LogP contribution is -2.69. The molecule has 28 heteroatoms. The van der Waals surface area contributed by atoms with Crippen molar-refractivity contribution in [2.75, 3.05) is 39.6 Å². The van der Waals surface area contributed by atoms with E-state index in [1.807, 2.05) is 0 Å². The summed E-state index contributed by atoms with van der Waals surface area (Å²) in [5.74, 6) is 1.12. The second kappa shape index (κ2) is 25.0. The monoisotopic (exact) mass is 1210 g/mol. The second-order valence-corrected chi connectivity index (χ2v) is 26.6. The van der Waals surface area contributed by atoms with Crippen molar-refractivity contribution in [1.29, 1.82) is 0 Å². The van der Waals surface area contributed by atoms with E-state index in [9.17, 15) is 81.4 Å². The lowest BCUT2D eigenvalue weighted by atomic mass is 9.44. The number of aliphatic hydroxyl groups excluding tert-OH is 15. The van der Waals surface area contributed by atoms with Crippen molar-refractivity contribution >= 4 is 5.78 Å². The Labute approximate surface area is 485 Å². The summed E-state index contributed by atoms with van der Waals surface area (Å²) in [5.41, 5.74) is -0.705. The Kier molecular flexibility index (Phi) is 19.1. The Morgan fingerprint density at radius 1 is 0.512 bits per heavy atom. The summed E-state index contributed by atoms with van der Waals surface area (Å²) < 4.78 is 73.1. The third kappa shape index (κ3) is 11.0. The van der Waals surface area contributed by atoms with E-state index in [0.717, 1.165) is 32.1 Å². The molecule has 0 aromatic rings. The molecule has 7 saturated heterocycles. The van der Waals surface area contributed by atoms with Crippen LogP contribution in [0, 0.1) is 52.3 Å². The first-order valence-corrected chi connectivity index (χ1v) is 30.2. The first kappa shape index (κ1) is 64.1. The average molecular weight is 1210 g/mol. The quantitative estimate of drug-likeness (QED) is 0.0723. The highest BCUT2D eigenvalue weighted by Gasteiger charge is 2.72. The maximum absolute atomic E-state index is 14.8. The van der Waals surface area contributed by atoms with Crippen LogP contribution in [0.2, 0.25) is 0 Å². The number of Topliss-reactive ketones (excluding diaryl/α,β-unsaturated/α-hetero) is 1. The number of aliphatic hydroxyl groups is 15. The Bertz CT molecular complexity index is 2230. The lowest BCUT2D eigenvalue weighted by Gasteiger charge is -2.60. The zero-order valence-electron chi connectivity index (χ0n) is 47.7. The van der Waals surface area contributed by atoms with Crippen molar-refractivity contribution < 1.29 is 138 Å². The van der Waals surface area contributed by atoms with Crippen molar-refractivity contribution in [2.45, 2.75) is 251 Å². The van der Waals surface area contributed by atoms with Crippen molar-refractivity contribution in [3.63, 3.8) is 0 Å². The minimum absolute atomic E-state index is 0.0394. The van der Waals surface area contributed by atoms with Crippen LogP contribution in [0.3, 0.4) is 0 Å². The summed E-state index contributed by atoms with van der Waals surface area (Å²) in [5, 5.41) is 164. The third-order valence-electron chi connectivity index (χ3n) is 22.0. The molecular weight excluding hydrogens is 1120 g/mol. The average Bonchev–Trinajstić information content (AvgIpc) is 1.53. The molecule has 0 amide bonds. The molecule has 482 valence electrons. The highest BCUT2D eigenvalue weighted by molar-refractivity contribution is 5.87. The van der Waals surface area contributed by atoms with Gasteiger partial charge in [-0.05, 0) is 80.0 Å². The smallest absolute Gasteiger partial charge is 0.187 e. The maximum Gasteiger partial charge on any atom is 0.187 e. The SMILES string of the molecule is C[C@@H]1CC[C@@]2(OC1)O[C@H]1C[C@H]3[C@@H]4CC[C@H]5C[C@@H](O[C@@H]6O[C@H](CO)[C@H](O[C@@H]7O[C@H](CO)[C@@H](O)[C@H](O[C@@H]8O[C@H](CO)[C@@H](O)[C@H](O)[C@H]8O)[C@H]7O[C@@H]7O[C@H](CO)[C@@H](O)[C@H](O[C@@H]8OC[C@H](O)[C@H](O)[C@H]8O)[C@H]7O)[C@H](O)[C@H]6O)CC[C@]5(C)[C@H]4CC(=O)[C@]3(C)[C@H]1[C@@H]2C. The molecule has 0 aromatic heterocycles. The van der Waals surface area contributed by atoms with Gasteiger partial charge in [-0.3, -0.25) is 4.79 Å². The van der Waals surface area contributed by atoms with Gasteiger partial charge in [-0.25, -0.2) is 0 Å². The summed E-state index contributed by atoms with van der Waals surface area (Å²) >= 11 is 0. The van der Waals surface area contributed by atoms with E-state index in [4.69, 9.17) is 56.8 Å². The fourth-order valence-electron chi connectivity index (χ4n) is 17.0. The van der Waals surface area contributed by atoms with Crippen LogP contribution in [-0.2, 0) is 61.6 Å². The van der Waals surface area contributed by atoms with Crippen LogP contribution in [0.4, 0.5) is 0 Å². The zero-order valence-corrected chi connectivity index (χ0v) is 47.7. The summed E-state index contributed by atoms with van der Waals surface area (Å²) in [6.45, 7) is 5.28. The summed E-state index contributed by atoms with van der Waals surface area (Å²) in [4.78, 5) is 14.8. The van der Waals surface area contributed by atoms with E-state index in [-0.39, 0.29) is 41.1 Å². The second-order valence-electron chi connectivity index (χ2n) is 26.6. The first-order valence-electron chi connectivity index (χ1n) is 30.2. The molecule has 28 nitrogen and oxygen atoms in total. The molecule has 11 fully saturated rings. The predicted octanol–water partition coefficient (Wildman–Crippen LogP) is -5.27. The Morgan fingerprint density at radius 3 is 1.75 bits per heavy atom. The highest BCUT2D eigenvalue weighted by atomic mass is 16.8. The van der Waals surface area contributed by atoms with E-state index in [0.29, 0.717) is 49.9 Å². The highest BCUT2D eigenvalue weighted by Crippen LogP contribution is 2.70. The molecule has 36 atom stereocenters. The normalized spacial score (nSPS) is 56.8. The van der Waals surface area contributed by atoms with Crippen LogP contribution < -0.4 is 0 Å². The molecule has 11 rings (SSSR count). The number of ketones is 1. The lowest BCUT2D eigenvalue weighted by molar-refractivity contribution is -0.410. The Morgan fingerprint density at radius 2 is 1.08 bits per heavy atom. The number of fused-ring (bicyclic) bond motifs is 7. The molecule has 1 spiro atoms. The van der Waals surface area contributed by atoms with Crippen LogP contribution in [0.5, 0.6) is 0 Å².